The van der Waals surface area contributed by atoms with Crippen LogP contribution in [0.1, 0.15) is 70.3 Å². The van der Waals surface area contributed by atoms with E-state index in [1.165, 1.54) is 0 Å². The second kappa shape index (κ2) is 13.6. The molecule has 14 nitrogen and oxygen atoms in total. The van der Waals surface area contributed by atoms with Crippen LogP contribution in [0.2, 0.25) is 0 Å². The molecule has 56 heavy (non-hydrogen) atoms. The number of benzene rings is 2. The SMILES string of the molecule is CCc1nc(-c2cccc3cc(-c4ccc(C(=O)NCc5cc6c7c(ccc6n5C)C(=O)N(C5CCC(=O)NC5=O)C7)nc4)ncc23)c2n1CCN(C(C)=O)C2. The molecule has 9 rings (SSSR count). The monoisotopic (exact) mass is 749 g/mol. The van der Waals surface area contributed by atoms with Crippen LogP contribution in [0.15, 0.2) is 67.0 Å². The van der Waals surface area contributed by atoms with Crippen molar-refractivity contribution in [3.63, 3.8) is 0 Å². The van der Waals surface area contributed by atoms with E-state index in [4.69, 9.17) is 9.97 Å². The van der Waals surface area contributed by atoms with E-state index in [2.05, 4.69) is 33.2 Å². The molecule has 3 aliphatic heterocycles. The van der Waals surface area contributed by atoms with Gasteiger partial charge in [0.05, 0.1) is 30.2 Å². The van der Waals surface area contributed by atoms with Crippen molar-refractivity contribution in [3.05, 3.63) is 101 Å². The van der Waals surface area contributed by atoms with Crippen LogP contribution in [0.5, 0.6) is 0 Å². The van der Waals surface area contributed by atoms with Gasteiger partial charge in [0.2, 0.25) is 17.7 Å². The van der Waals surface area contributed by atoms with Gasteiger partial charge in [-0.25, -0.2) is 4.98 Å². The highest BCUT2D eigenvalue weighted by Gasteiger charge is 2.40. The first-order valence-corrected chi connectivity index (χ1v) is 18.8. The Kier molecular flexibility index (Phi) is 8.48. The van der Waals surface area contributed by atoms with Gasteiger partial charge in [-0.2, -0.15) is 0 Å². The molecule has 6 aromatic rings. The lowest BCUT2D eigenvalue weighted by Gasteiger charge is -2.29. The molecule has 1 fully saturated rings. The number of hydrogen-bond donors (Lipinski definition) is 2. The number of imidazole rings is 1. The molecule has 4 aromatic heterocycles. The fourth-order valence-corrected chi connectivity index (χ4v) is 8.37. The Morgan fingerprint density at radius 1 is 0.946 bits per heavy atom. The van der Waals surface area contributed by atoms with E-state index in [-0.39, 0.29) is 48.8 Å². The summed E-state index contributed by atoms with van der Waals surface area (Å²) >= 11 is 0. The van der Waals surface area contributed by atoms with Crippen LogP contribution in [0.3, 0.4) is 0 Å². The summed E-state index contributed by atoms with van der Waals surface area (Å²) in [5, 5.41) is 8.15. The Bertz CT molecular complexity index is 2660. The Morgan fingerprint density at radius 2 is 1.80 bits per heavy atom. The smallest absolute Gasteiger partial charge is 0.270 e. The third-order valence-corrected chi connectivity index (χ3v) is 11.4. The van der Waals surface area contributed by atoms with Gasteiger partial charge in [-0.15, -0.1) is 0 Å². The van der Waals surface area contributed by atoms with Crippen molar-refractivity contribution in [3.8, 4) is 22.5 Å². The molecule has 1 saturated heterocycles. The van der Waals surface area contributed by atoms with Crippen LogP contribution in [0.25, 0.3) is 44.2 Å². The molecular weight excluding hydrogens is 711 g/mol. The third kappa shape index (κ3) is 5.79. The number of hydrogen-bond acceptors (Lipinski definition) is 8. The van der Waals surface area contributed by atoms with Crippen LogP contribution < -0.4 is 10.6 Å². The minimum absolute atomic E-state index is 0.0535. The molecule has 0 bridgehead atoms. The number of carbonyl (C=O) groups excluding carboxylic acids is 5. The van der Waals surface area contributed by atoms with Crippen LogP contribution in [0.4, 0.5) is 0 Å². The van der Waals surface area contributed by atoms with Gasteiger partial charge in [0.15, 0.2) is 0 Å². The molecule has 2 aromatic carbocycles. The predicted molar refractivity (Wildman–Crippen MR) is 207 cm³/mol. The van der Waals surface area contributed by atoms with E-state index in [1.54, 1.807) is 30.2 Å². The van der Waals surface area contributed by atoms with Gasteiger partial charge in [-0.3, -0.25) is 39.3 Å². The van der Waals surface area contributed by atoms with Crippen molar-refractivity contribution in [2.24, 2.45) is 7.05 Å². The largest absolute Gasteiger partial charge is 0.346 e. The number of imide groups is 1. The fraction of sp³-hybridized carbons (Fsp3) is 0.286. The van der Waals surface area contributed by atoms with Crippen LogP contribution >= 0.6 is 0 Å². The number of aryl methyl sites for hydroxylation is 2. The average molecular weight is 750 g/mol. The normalized spacial score (nSPS) is 16.7. The van der Waals surface area contributed by atoms with Gasteiger partial charge in [-0.1, -0.05) is 25.1 Å². The van der Waals surface area contributed by atoms with Crippen molar-refractivity contribution >= 4 is 51.2 Å². The molecule has 1 atom stereocenters. The maximum absolute atomic E-state index is 13.3. The second-order valence-corrected chi connectivity index (χ2v) is 14.6. The van der Waals surface area contributed by atoms with Crippen molar-refractivity contribution in [2.75, 3.05) is 6.54 Å². The highest BCUT2D eigenvalue weighted by molar-refractivity contribution is 6.08. The van der Waals surface area contributed by atoms with Crippen molar-refractivity contribution in [1.29, 1.82) is 0 Å². The van der Waals surface area contributed by atoms with Gasteiger partial charge in [0.1, 0.15) is 17.6 Å². The third-order valence-electron chi connectivity index (χ3n) is 11.4. The van der Waals surface area contributed by atoms with Gasteiger partial charge in [0, 0.05) is 97.5 Å². The number of piperidine rings is 1. The lowest BCUT2D eigenvalue weighted by atomic mass is 10.0. The van der Waals surface area contributed by atoms with Gasteiger partial charge < -0.3 is 24.3 Å². The quantitative estimate of drug-likeness (QED) is 0.229. The lowest BCUT2D eigenvalue weighted by molar-refractivity contribution is -0.137. The molecular formula is C42H39N9O5. The Balaban J connectivity index is 0.909. The van der Waals surface area contributed by atoms with E-state index in [0.717, 1.165) is 79.9 Å². The second-order valence-electron chi connectivity index (χ2n) is 14.6. The average Bonchev–Trinajstić information content (AvgIpc) is 3.86. The summed E-state index contributed by atoms with van der Waals surface area (Å²) in [7, 11) is 1.91. The van der Waals surface area contributed by atoms with E-state index in [9.17, 15) is 24.0 Å². The molecule has 2 N–H and O–H groups in total. The predicted octanol–water partition coefficient (Wildman–Crippen LogP) is 4.27. The van der Waals surface area contributed by atoms with Crippen LogP contribution in [-0.2, 0) is 54.0 Å². The topological polar surface area (TPSA) is 164 Å². The zero-order valence-electron chi connectivity index (χ0n) is 31.3. The minimum Gasteiger partial charge on any atom is -0.346 e. The summed E-state index contributed by atoms with van der Waals surface area (Å²) in [6.07, 6.45) is 4.79. The maximum atomic E-state index is 13.3. The molecule has 0 radical (unpaired) electrons. The van der Waals surface area contributed by atoms with E-state index < -0.39 is 11.9 Å². The maximum Gasteiger partial charge on any atom is 0.270 e. The number of amides is 5. The molecule has 1 unspecified atom stereocenters. The van der Waals surface area contributed by atoms with E-state index in [1.807, 2.05) is 59.1 Å². The first-order chi connectivity index (χ1) is 27.1. The summed E-state index contributed by atoms with van der Waals surface area (Å²) in [6, 6.07) is 16.6. The van der Waals surface area contributed by atoms with E-state index >= 15 is 0 Å². The first-order valence-electron chi connectivity index (χ1n) is 18.8. The number of carbonyl (C=O) groups is 5. The number of fused-ring (bicyclic) bond motifs is 5. The Morgan fingerprint density at radius 3 is 2.57 bits per heavy atom. The standard InChI is InChI=1S/C42H39N9O5/c1-4-37-46-39(36-22-49(23(2)52)14-15-50(36)37)27-7-5-6-24-16-33(44-20-30(24)27)25-8-10-32(43-18-25)40(54)45-19-26-17-29-31-21-51(35-12-13-38(53)47-41(35)55)42(56)28(31)9-11-34(29)48(26)3/h5-11,16-18,20,35H,4,12-15,19,21-22H2,1-3H3,(H,45,54)(H,47,53,55). The van der Waals surface area contributed by atoms with Gasteiger partial charge in [-0.05, 0) is 53.8 Å². The van der Waals surface area contributed by atoms with Crippen molar-refractivity contribution in [1.82, 2.24) is 44.5 Å². The number of pyridine rings is 2. The fourth-order valence-electron chi connectivity index (χ4n) is 8.37. The zero-order chi connectivity index (χ0) is 38.8. The molecule has 5 amide bonds. The molecule has 7 heterocycles. The molecule has 0 aliphatic carbocycles. The number of aromatic nitrogens is 5. The first kappa shape index (κ1) is 35.0. The minimum atomic E-state index is -0.691. The summed E-state index contributed by atoms with van der Waals surface area (Å²) in [5.41, 5.74) is 7.74. The highest BCUT2D eigenvalue weighted by atomic mass is 16.2. The van der Waals surface area contributed by atoms with Crippen molar-refractivity contribution < 1.29 is 24.0 Å². The number of rotatable bonds is 7. The summed E-state index contributed by atoms with van der Waals surface area (Å²) in [4.78, 5) is 80.8. The Labute approximate surface area is 321 Å². The van der Waals surface area contributed by atoms with Crippen LogP contribution in [0, 0.1) is 0 Å². The molecule has 0 saturated carbocycles. The molecule has 14 heteroatoms. The summed E-state index contributed by atoms with van der Waals surface area (Å²) in [6.45, 7) is 6.11. The van der Waals surface area contributed by atoms with E-state index in [0.29, 0.717) is 25.1 Å². The summed E-state index contributed by atoms with van der Waals surface area (Å²) in [5.74, 6) is -0.268. The number of nitrogens with zero attached hydrogens (tertiary/aromatic N) is 7. The lowest BCUT2D eigenvalue weighted by Crippen LogP contribution is -2.52. The molecule has 282 valence electrons. The Hall–Kier alpha value is -6.70. The zero-order valence-corrected chi connectivity index (χ0v) is 31.3. The van der Waals surface area contributed by atoms with Crippen molar-refractivity contribution in [2.45, 2.75) is 65.3 Å². The number of nitrogens with one attached hydrogen (secondary N) is 2. The van der Waals surface area contributed by atoms with Gasteiger partial charge in [0.25, 0.3) is 11.8 Å². The molecule has 3 aliphatic rings. The molecule has 0 spiro atoms. The van der Waals surface area contributed by atoms with Gasteiger partial charge >= 0.3 is 0 Å². The highest BCUT2D eigenvalue weighted by Crippen LogP contribution is 2.36. The summed E-state index contributed by atoms with van der Waals surface area (Å²) < 4.78 is 4.22. The van der Waals surface area contributed by atoms with Crippen LogP contribution in [-0.4, -0.2) is 76.0 Å².